The third-order valence-electron chi connectivity index (χ3n) is 0.851. The van der Waals surface area contributed by atoms with Crippen molar-refractivity contribution in [1.29, 1.82) is 0 Å². The fourth-order valence-electron chi connectivity index (χ4n) is 0.415. The van der Waals surface area contributed by atoms with E-state index in [2.05, 4.69) is 15.9 Å². The summed E-state index contributed by atoms with van der Waals surface area (Å²) in [4.78, 5) is 9.19. The average Bonchev–Trinajstić information content (AvgIpc) is 2.07. The van der Waals surface area contributed by atoms with Gasteiger partial charge in [-0.25, -0.2) is 0 Å². The number of benzene rings is 1. The lowest BCUT2D eigenvalue weighted by Crippen LogP contribution is -1.55. The van der Waals surface area contributed by atoms with Crippen molar-refractivity contribution in [2.75, 3.05) is 6.66 Å². The van der Waals surface area contributed by atoms with E-state index in [1.165, 1.54) is 0 Å². The molecule has 0 heterocycles. The Balaban J connectivity index is 0. The van der Waals surface area contributed by atoms with Gasteiger partial charge in [0.05, 0.1) is 0 Å². The molecule has 0 aliphatic rings. The standard InChI is InChI=1S/C6H5Br.C2H5OP.BrH/c7-6-4-2-1-3-5-6;1-4-2-3;/h1-5H;2,4H,1H3;1H. The van der Waals surface area contributed by atoms with Crippen LogP contribution in [-0.4, -0.2) is 12.7 Å². The second-order valence-corrected chi connectivity index (χ2v) is 3.43. The van der Waals surface area contributed by atoms with Gasteiger partial charge in [0.15, 0.2) is 0 Å². The number of hydrogen-bond donors (Lipinski definition) is 0. The predicted octanol–water partition coefficient (Wildman–Crippen LogP) is 3.51. The van der Waals surface area contributed by atoms with E-state index in [9.17, 15) is 4.79 Å². The lowest BCUT2D eigenvalue weighted by Gasteiger charge is -1.80. The Morgan fingerprint density at radius 3 is 1.92 bits per heavy atom. The van der Waals surface area contributed by atoms with Crippen LogP contribution in [0.15, 0.2) is 34.8 Å². The second kappa shape index (κ2) is 11.3. The lowest BCUT2D eigenvalue weighted by atomic mass is 10.4. The van der Waals surface area contributed by atoms with Crippen molar-refractivity contribution in [3.63, 3.8) is 0 Å². The summed E-state index contributed by atoms with van der Waals surface area (Å²) in [5.74, 6) is 0. The van der Waals surface area contributed by atoms with E-state index in [-0.39, 0.29) is 17.0 Å². The molecule has 1 unspecified atom stereocenters. The Bertz CT molecular complexity index is 192. The van der Waals surface area contributed by atoms with Crippen molar-refractivity contribution in [2.45, 2.75) is 0 Å². The van der Waals surface area contributed by atoms with Gasteiger partial charge in [0, 0.05) is 4.47 Å². The number of rotatable bonds is 1. The SMILES string of the molecule is Br.Brc1ccccc1.CPC=O. The van der Waals surface area contributed by atoms with Gasteiger partial charge in [-0.05, 0) is 18.8 Å². The third kappa shape index (κ3) is 10.3. The topological polar surface area (TPSA) is 17.1 Å². The fourth-order valence-corrected chi connectivity index (χ4v) is 0.720. The minimum Gasteiger partial charge on any atom is -0.299 e. The molecule has 1 nitrogen and oxygen atoms in total. The maximum atomic E-state index is 9.19. The largest absolute Gasteiger partial charge is 0.299 e. The first-order valence-corrected chi connectivity index (χ1v) is 5.49. The Morgan fingerprint density at radius 2 is 1.75 bits per heavy atom. The first-order valence-electron chi connectivity index (χ1n) is 3.12. The monoisotopic (exact) mass is 312 g/mol. The smallest absolute Gasteiger partial charge is 0.138 e. The van der Waals surface area contributed by atoms with Crippen LogP contribution in [0.25, 0.3) is 0 Å². The molecule has 1 aromatic rings. The van der Waals surface area contributed by atoms with E-state index in [4.69, 9.17) is 0 Å². The minimum absolute atomic E-state index is 0. The van der Waals surface area contributed by atoms with Gasteiger partial charge in [0.25, 0.3) is 0 Å². The summed E-state index contributed by atoms with van der Waals surface area (Å²) >= 11 is 3.31. The van der Waals surface area contributed by atoms with E-state index in [1.54, 1.807) is 0 Å². The molecule has 0 saturated carbocycles. The molecule has 0 aromatic heterocycles. The number of carbonyl (C=O) groups is 1. The summed E-state index contributed by atoms with van der Waals surface area (Å²) in [6.07, 6.45) is 0. The Labute approximate surface area is 93.6 Å². The summed E-state index contributed by atoms with van der Waals surface area (Å²) < 4.78 is 1.13. The van der Waals surface area contributed by atoms with Gasteiger partial charge in [0.1, 0.15) is 6.03 Å². The maximum absolute atomic E-state index is 9.19. The predicted molar refractivity (Wildman–Crippen MR) is 65.5 cm³/mol. The highest BCUT2D eigenvalue weighted by Crippen LogP contribution is 2.05. The maximum Gasteiger partial charge on any atom is 0.138 e. The van der Waals surface area contributed by atoms with E-state index >= 15 is 0 Å². The van der Waals surface area contributed by atoms with Gasteiger partial charge in [0.2, 0.25) is 0 Å². The molecule has 12 heavy (non-hydrogen) atoms. The Kier molecular flexibility index (Phi) is 13.9. The molecule has 0 aliphatic carbocycles. The van der Waals surface area contributed by atoms with Crippen LogP contribution < -0.4 is 0 Å². The van der Waals surface area contributed by atoms with Gasteiger partial charge in [-0.3, -0.25) is 4.79 Å². The van der Waals surface area contributed by atoms with Crippen molar-refractivity contribution >= 4 is 47.5 Å². The van der Waals surface area contributed by atoms with Crippen LogP contribution in [-0.2, 0) is 4.79 Å². The zero-order valence-electron chi connectivity index (χ0n) is 6.66. The molecule has 1 aromatic carbocycles. The van der Waals surface area contributed by atoms with Crippen LogP contribution in [0.2, 0.25) is 0 Å². The molecule has 0 radical (unpaired) electrons. The molecule has 0 spiro atoms. The summed E-state index contributed by atoms with van der Waals surface area (Å²) in [5.41, 5.74) is 0. The van der Waals surface area contributed by atoms with Gasteiger partial charge < -0.3 is 0 Å². The highest BCUT2D eigenvalue weighted by Gasteiger charge is 1.74. The summed E-state index contributed by atoms with van der Waals surface area (Å²) in [7, 11) is 0.460. The molecule has 0 N–H and O–H groups in total. The zero-order valence-corrected chi connectivity index (χ0v) is 11.0. The second-order valence-electron chi connectivity index (χ2n) is 1.70. The van der Waals surface area contributed by atoms with Gasteiger partial charge in [-0.1, -0.05) is 42.7 Å². The van der Waals surface area contributed by atoms with E-state index in [0.717, 1.165) is 10.5 Å². The highest BCUT2D eigenvalue weighted by atomic mass is 79.9. The van der Waals surface area contributed by atoms with Crippen LogP contribution in [0.3, 0.4) is 0 Å². The van der Waals surface area contributed by atoms with Crippen molar-refractivity contribution in [3.05, 3.63) is 34.8 Å². The summed E-state index contributed by atoms with van der Waals surface area (Å²) in [5, 5.41) is 0. The summed E-state index contributed by atoms with van der Waals surface area (Å²) in [6, 6.07) is 10.9. The first-order chi connectivity index (χ1) is 5.31. The van der Waals surface area contributed by atoms with Crippen molar-refractivity contribution < 1.29 is 4.79 Å². The quantitative estimate of drug-likeness (QED) is 0.573. The van der Waals surface area contributed by atoms with E-state index in [0.29, 0.717) is 8.58 Å². The van der Waals surface area contributed by atoms with Crippen LogP contribution in [0.1, 0.15) is 0 Å². The minimum atomic E-state index is 0. The molecule has 4 heteroatoms. The average molecular weight is 314 g/mol. The van der Waals surface area contributed by atoms with Crippen LogP contribution >= 0.6 is 41.5 Å². The number of hydrogen-bond acceptors (Lipinski definition) is 1. The molecule has 1 atom stereocenters. The van der Waals surface area contributed by atoms with Crippen LogP contribution in [0.4, 0.5) is 0 Å². The van der Waals surface area contributed by atoms with Gasteiger partial charge in [-0.2, -0.15) is 0 Å². The van der Waals surface area contributed by atoms with Crippen LogP contribution in [0, 0.1) is 0 Å². The van der Waals surface area contributed by atoms with E-state index < -0.39 is 0 Å². The van der Waals surface area contributed by atoms with Crippen molar-refractivity contribution in [2.24, 2.45) is 0 Å². The molecule has 0 saturated heterocycles. The third-order valence-corrected chi connectivity index (χ3v) is 1.62. The lowest BCUT2D eigenvalue weighted by molar-refractivity contribution is 0.569. The Morgan fingerprint density at radius 1 is 1.33 bits per heavy atom. The molecule has 1 rings (SSSR count). The van der Waals surface area contributed by atoms with Gasteiger partial charge >= 0.3 is 0 Å². The number of halogens is 2. The van der Waals surface area contributed by atoms with Crippen LogP contribution in [0.5, 0.6) is 0 Å². The molecule has 0 aliphatic heterocycles. The highest BCUT2D eigenvalue weighted by molar-refractivity contribution is 9.10. The number of carbonyl (C=O) groups excluding carboxylic acids is 1. The van der Waals surface area contributed by atoms with Crippen molar-refractivity contribution in [1.82, 2.24) is 0 Å². The van der Waals surface area contributed by atoms with E-state index in [1.807, 2.05) is 37.0 Å². The van der Waals surface area contributed by atoms with Crippen molar-refractivity contribution in [3.8, 4) is 0 Å². The molecule has 0 bridgehead atoms. The molecule has 68 valence electrons. The Hall–Kier alpha value is 0.280. The molecular formula is C8H11Br2OP. The van der Waals surface area contributed by atoms with Gasteiger partial charge in [-0.15, -0.1) is 17.0 Å². The molecule has 0 fully saturated rings. The first kappa shape index (κ1) is 14.8. The zero-order chi connectivity index (χ0) is 8.53. The summed E-state index contributed by atoms with van der Waals surface area (Å²) in [6.45, 7) is 1.84. The molecule has 0 amide bonds. The molecular weight excluding hydrogens is 303 g/mol. The normalized spacial score (nSPS) is 8.17. The fraction of sp³-hybridized carbons (Fsp3) is 0.125.